The van der Waals surface area contributed by atoms with Gasteiger partial charge in [0.25, 0.3) is 0 Å². The summed E-state index contributed by atoms with van der Waals surface area (Å²) in [5.41, 5.74) is 0. The first-order valence-electron chi connectivity index (χ1n) is 14.6. The van der Waals surface area contributed by atoms with Crippen molar-refractivity contribution in [1.29, 1.82) is 0 Å². The van der Waals surface area contributed by atoms with E-state index in [9.17, 15) is 14.4 Å². The molecule has 2 N–H and O–H groups in total. The van der Waals surface area contributed by atoms with Gasteiger partial charge in [-0.25, -0.2) is 0 Å². The Kier molecular flexibility index (Phi) is 16.1. The lowest BCUT2D eigenvalue weighted by Crippen LogP contribution is -2.54. The third-order valence-electron chi connectivity index (χ3n) is 8.23. The molecule has 6 atom stereocenters. The number of methoxy groups -OCH3 is 2. The molecule has 38 heavy (non-hydrogen) atoms. The zero-order chi connectivity index (χ0) is 28.8. The van der Waals surface area contributed by atoms with E-state index in [1.54, 1.807) is 33.2 Å². The van der Waals surface area contributed by atoms with Crippen LogP contribution in [0.3, 0.4) is 0 Å². The first kappa shape index (κ1) is 34.3. The number of hydrogen-bond acceptors (Lipinski definition) is 6. The van der Waals surface area contributed by atoms with Crippen LogP contribution in [0.5, 0.6) is 0 Å². The highest BCUT2D eigenvalue weighted by Gasteiger charge is 2.39. The van der Waals surface area contributed by atoms with Crippen molar-refractivity contribution >= 4 is 17.7 Å². The minimum absolute atomic E-state index is 0.0101. The van der Waals surface area contributed by atoms with Gasteiger partial charge in [-0.3, -0.25) is 14.4 Å². The second kappa shape index (κ2) is 17.8. The van der Waals surface area contributed by atoms with E-state index in [1.165, 1.54) is 0 Å². The number of likely N-dealkylation sites (N-methyl/N-ethyl adjacent to an activating group) is 2. The Balaban J connectivity index is 2.92. The van der Waals surface area contributed by atoms with Gasteiger partial charge in [-0.1, -0.05) is 60.3 Å². The molecule has 0 aromatic carbocycles. The standard InChI is InChI=1S/C29H56N4O5/c1-10-12-13-15-22(30-6)29(36)31-19-26(35)32(7)27(21(5)11-2)24(37-8)18-25(34)33-17-14-16-23(33)28(38-9)20(3)4/h20-24,27-28,30H,10-19H2,1-9H3,(H,31,36). The summed E-state index contributed by atoms with van der Waals surface area (Å²) in [6.07, 6.45) is 6.30. The van der Waals surface area contributed by atoms with E-state index in [0.717, 1.165) is 44.9 Å². The lowest BCUT2D eigenvalue weighted by molar-refractivity contribution is -0.144. The number of carbonyl (C=O) groups excluding carboxylic acids is 3. The second-order valence-electron chi connectivity index (χ2n) is 11.2. The van der Waals surface area contributed by atoms with Crippen molar-refractivity contribution in [3.63, 3.8) is 0 Å². The van der Waals surface area contributed by atoms with E-state index in [-0.39, 0.29) is 60.8 Å². The normalized spacial score (nSPS) is 19.6. The molecule has 3 amide bonds. The van der Waals surface area contributed by atoms with Crippen molar-refractivity contribution in [3.8, 4) is 0 Å². The molecule has 0 spiro atoms. The number of ether oxygens (including phenoxy) is 2. The van der Waals surface area contributed by atoms with E-state index < -0.39 is 6.10 Å². The lowest BCUT2D eigenvalue weighted by Gasteiger charge is -2.39. The molecule has 0 bridgehead atoms. The highest BCUT2D eigenvalue weighted by Crippen LogP contribution is 2.28. The smallest absolute Gasteiger partial charge is 0.242 e. The molecule has 0 saturated carbocycles. The summed E-state index contributed by atoms with van der Waals surface area (Å²) in [7, 11) is 6.84. The maximum absolute atomic E-state index is 13.5. The highest BCUT2D eigenvalue weighted by atomic mass is 16.5. The van der Waals surface area contributed by atoms with Crippen LogP contribution in [0.1, 0.15) is 86.0 Å². The third-order valence-corrected chi connectivity index (χ3v) is 8.23. The summed E-state index contributed by atoms with van der Waals surface area (Å²) in [5, 5.41) is 5.86. The molecule has 1 heterocycles. The minimum Gasteiger partial charge on any atom is -0.379 e. The Bertz CT molecular complexity index is 719. The van der Waals surface area contributed by atoms with E-state index >= 15 is 0 Å². The Morgan fingerprint density at radius 2 is 1.76 bits per heavy atom. The number of rotatable bonds is 18. The van der Waals surface area contributed by atoms with Crippen molar-refractivity contribution < 1.29 is 23.9 Å². The molecule has 222 valence electrons. The van der Waals surface area contributed by atoms with Crippen LogP contribution in [0.4, 0.5) is 0 Å². The summed E-state index contributed by atoms with van der Waals surface area (Å²) in [6.45, 7) is 11.1. The highest BCUT2D eigenvalue weighted by molar-refractivity contribution is 5.87. The van der Waals surface area contributed by atoms with Crippen molar-refractivity contribution in [2.24, 2.45) is 11.8 Å². The quantitative estimate of drug-likeness (QED) is 0.259. The number of amides is 3. The van der Waals surface area contributed by atoms with Crippen LogP contribution in [-0.2, 0) is 23.9 Å². The molecule has 1 fully saturated rings. The lowest BCUT2D eigenvalue weighted by atomic mass is 9.90. The fourth-order valence-electron chi connectivity index (χ4n) is 5.77. The minimum atomic E-state index is -0.456. The molecule has 1 rings (SSSR count). The number of carbonyl (C=O) groups is 3. The van der Waals surface area contributed by atoms with Gasteiger partial charge in [-0.05, 0) is 38.1 Å². The number of nitrogens with one attached hydrogen (secondary N) is 2. The average Bonchev–Trinajstić information content (AvgIpc) is 3.38. The Hall–Kier alpha value is -1.71. The first-order chi connectivity index (χ1) is 18.1. The number of unbranched alkanes of at least 4 members (excludes halogenated alkanes) is 2. The van der Waals surface area contributed by atoms with Crippen molar-refractivity contribution in [2.75, 3.05) is 41.4 Å². The predicted octanol–water partition coefficient (Wildman–Crippen LogP) is 3.21. The molecule has 0 aromatic rings. The van der Waals surface area contributed by atoms with Crippen LogP contribution in [0, 0.1) is 11.8 Å². The van der Waals surface area contributed by atoms with Gasteiger partial charge < -0.3 is 29.9 Å². The molecular formula is C29H56N4O5. The van der Waals surface area contributed by atoms with Crippen LogP contribution in [0.2, 0.25) is 0 Å². The SMILES string of the molecule is CCCCCC(NC)C(=O)NCC(=O)N(C)C(C(C)CC)C(CC(=O)N1CCCC1C(OC)C(C)C)OC. The van der Waals surface area contributed by atoms with Crippen LogP contribution in [-0.4, -0.2) is 99.3 Å². The Morgan fingerprint density at radius 3 is 2.29 bits per heavy atom. The van der Waals surface area contributed by atoms with Gasteiger partial charge in [-0.15, -0.1) is 0 Å². The predicted molar refractivity (Wildman–Crippen MR) is 152 cm³/mol. The van der Waals surface area contributed by atoms with Gasteiger partial charge in [0.05, 0.1) is 43.3 Å². The molecule has 9 nitrogen and oxygen atoms in total. The van der Waals surface area contributed by atoms with E-state index in [2.05, 4.69) is 45.3 Å². The van der Waals surface area contributed by atoms with Crippen molar-refractivity contribution in [2.45, 2.75) is 116 Å². The molecule has 9 heteroatoms. The molecule has 1 saturated heterocycles. The molecule has 1 aliphatic heterocycles. The van der Waals surface area contributed by atoms with Crippen molar-refractivity contribution in [1.82, 2.24) is 20.4 Å². The van der Waals surface area contributed by atoms with E-state index in [1.807, 2.05) is 4.90 Å². The van der Waals surface area contributed by atoms with Crippen LogP contribution in [0.25, 0.3) is 0 Å². The summed E-state index contributed by atoms with van der Waals surface area (Å²) >= 11 is 0. The summed E-state index contributed by atoms with van der Waals surface area (Å²) in [4.78, 5) is 43.0. The summed E-state index contributed by atoms with van der Waals surface area (Å²) in [5.74, 6) is 0.0843. The molecule has 0 aliphatic carbocycles. The Morgan fingerprint density at radius 1 is 1.08 bits per heavy atom. The maximum Gasteiger partial charge on any atom is 0.242 e. The molecule has 6 unspecified atom stereocenters. The topological polar surface area (TPSA) is 100 Å². The number of hydrogen-bond donors (Lipinski definition) is 2. The zero-order valence-electron chi connectivity index (χ0n) is 25.5. The fourth-order valence-corrected chi connectivity index (χ4v) is 5.77. The third kappa shape index (κ3) is 9.79. The van der Waals surface area contributed by atoms with Crippen LogP contribution >= 0.6 is 0 Å². The zero-order valence-corrected chi connectivity index (χ0v) is 25.5. The summed E-state index contributed by atoms with van der Waals surface area (Å²) in [6, 6.07) is -0.559. The van der Waals surface area contributed by atoms with Gasteiger partial charge in [0, 0.05) is 27.8 Å². The fraction of sp³-hybridized carbons (Fsp3) is 0.897. The Labute approximate surface area is 231 Å². The first-order valence-corrected chi connectivity index (χ1v) is 14.6. The molecule has 1 aliphatic rings. The second-order valence-corrected chi connectivity index (χ2v) is 11.2. The van der Waals surface area contributed by atoms with Crippen LogP contribution in [0.15, 0.2) is 0 Å². The van der Waals surface area contributed by atoms with Gasteiger partial charge in [0.15, 0.2) is 0 Å². The van der Waals surface area contributed by atoms with Crippen molar-refractivity contribution in [3.05, 3.63) is 0 Å². The molecule has 0 radical (unpaired) electrons. The monoisotopic (exact) mass is 540 g/mol. The average molecular weight is 541 g/mol. The van der Waals surface area contributed by atoms with Gasteiger partial charge in [0.1, 0.15) is 0 Å². The van der Waals surface area contributed by atoms with Gasteiger partial charge in [-0.2, -0.15) is 0 Å². The maximum atomic E-state index is 13.5. The van der Waals surface area contributed by atoms with Gasteiger partial charge >= 0.3 is 0 Å². The number of likely N-dealkylation sites (tertiary alicyclic amines) is 1. The summed E-state index contributed by atoms with van der Waals surface area (Å²) < 4.78 is 11.6. The van der Waals surface area contributed by atoms with Gasteiger partial charge in [0.2, 0.25) is 17.7 Å². The van der Waals surface area contributed by atoms with E-state index in [4.69, 9.17) is 9.47 Å². The molecule has 0 aromatic heterocycles. The van der Waals surface area contributed by atoms with Crippen LogP contribution < -0.4 is 10.6 Å². The largest absolute Gasteiger partial charge is 0.379 e. The molecular weight excluding hydrogens is 484 g/mol. The van der Waals surface area contributed by atoms with E-state index in [0.29, 0.717) is 12.5 Å². The number of nitrogens with zero attached hydrogens (tertiary/aromatic N) is 2.